The van der Waals surface area contributed by atoms with Gasteiger partial charge in [0.05, 0.1) is 11.1 Å². The number of Topliss-reactive ketones (excluding diaryl/α,β-unsaturated/α-hetero) is 1. The van der Waals surface area contributed by atoms with Crippen LogP contribution < -0.4 is 10.6 Å². The van der Waals surface area contributed by atoms with Gasteiger partial charge < -0.3 is 10.6 Å². The first-order valence-electron chi connectivity index (χ1n) is 17.5. The number of thioether (sulfide) groups is 1. The van der Waals surface area contributed by atoms with Crippen LogP contribution in [0.5, 0.6) is 0 Å². The maximum atomic E-state index is 12.0. The maximum absolute atomic E-state index is 12.0. The largest absolute Gasteiger partial charge is 0.353 e. The summed E-state index contributed by atoms with van der Waals surface area (Å²) in [5.41, 5.74) is 0.435. The number of hydrogen-bond donors (Lipinski definition) is 2. The second-order valence-electron chi connectivity index (χ2n) is 16.8. The number of carbonyl (C=O) groups is 5. The van der Waals surface area contributed by atoms with Crippen molar-refractivity contribution in [2.75, 3.05) is 5.75 Å². The molecule has 3 atom stereocenters. The summed E-state index contributed by atoms with van der Waals surface area (Å²) >= 11 is 2.01. The van der Waals surface area contributed by atoms with E-state index >= 15 is 0 Å². The van der Waals surface area contributed by atoms with E-state index in [1.807, 2.05) is 53.3 Å². The minimum Gasteiger partial charge on any atom is -0.353 e. The molecular weight excluding hydrogens is 611 g/mol. The Morgan fingerprint density at radius 3 is 1.98 bits per heavy atom. The van der Waals surface area contributed by atoms with E-state index in [4.69, 9.17) is 0 Å². The van der Waals surface area contributed by atoms with Crippen LogP contribution in [0.25, 0.3) is 0 Å². The van der Waals surface area contributed by atoms with Gasteiger partial charge in [-0.3, -0.25) is 28.9 Å². The summed E-state index contributed by atoms with van der Waals surface area (Å²) in [5, 5.41) is 6.77. The van der Waals surface area contributed by atoms with Gasteiger partial charge in [0.1, 0.15) is 5.78 Å². The number of rotatable bonds is 7. The van der Waals surface area contributed by atoms with Crippen molar-refractivity contribution in [3.05, 3.63) is 35.4 Å². The summed E-state index contributed by atoms with van der Waals surface area (Å²) in [6, 6.07) is 7.80. The summed E-state index contributed by atoms with van der Waals surface area (Å²) in [6.45, 7) is 17.8. The second kappa shape index (κ2) is 16.1. The lowest BCUT2D eigenvalue weighted by Crippen LogP contribution is -2.45. The number of imide groups is 1. The normalized spacial score (nSPS) is 22.5. The van der Waals surface area contributed by atoms with Gasteiger partial charge in [-0.2, -0.15) is 11.8 Å². The molecule has 262 valence electrons. The lowest BCUT2D eigenvalue weighted by atomic mass is 9.88. The number of amides is 4. The first kappa shape index (κ1) is 38.8. The molecule has 3 heterocycles. The maximum Gasteiger partial charge on any atom is 0.262 e. The van der Waals surface area contributed by atoms with E-state index in [2.05, 4.69) is 31.4 Å². The number of fused-ring (bicyclic) bond motifs is 2. The van der Waals surface area contributed by atoms with E-state index in [1.165, 1.54) is 30.6 Å². The molecule has 2 saturated heterocycles. The second-order valence-corrected chi connectivity index (χ2v) is 18.1. The number of benzene rings is 1. The van der Waals surface area contributed by atoms with Gasteiger partial charge >= 0.3 is 0 Å². The number of ketones is 1. The molecule has 1 aromatic carbocycles. The van der Waals surface area contributed by atoms with Crippen molar-refractivity contribution in [2.24, 2.45) is 16.7 Å². The SMILES string of the molecule is CC(C)(C)C(=O)NC1CCCC1.CC(C)(C)CC(=O)CCCCC1SCC2CC(=O)NC21.CC(C)(C)N1C(=O)c2ccccc2C1=O. The van der Waals surface area contributed by atoms with Crippen LogP contribution in [-0.4, -0.2) is 62.9 Å². The Morgan fingerprint density at radius 1 is 0.894 bits per heavy atom. The smallest absolute Gasteiger partial charge is 0.262 e. The fourth-order valence-corrected chi connectivity index (χ4v) is 8.17. The molecule has 0 bridgehead atoms. The minimum atomic E-state index is -0.465. The molecule has 1 aromatic rings. The van der Waals surface area contributed by atoms with Gasteiger partial charge in [0.15, 0.2) is 0 Å². The first-order chi connectivity index (χ1) is 21.8. The summed E-state index contributed by atoms with van der Waals surface area (Å²) in [7, 11) is 0. The highest BCUT2D eigenvalue weighted by atomic mass is 32.2. The van der Waals surface area contributed by atoms with Crippen molar-refractivity contribution >= 4 is 41.2 Å². The molecule has 4 amide bonds. The quantitative estimate of drug-likeness (QED) is 0.232. The molecule has 8 nitrogen and oxygen atoms in total. The topological polar surface area (TPSA) is 113 Å². The molecule has 9 heteroatoms. The van der Waals surface area contributed by atoms with E-state index in [0.29, 0.717) is 46.6 Å². The fourth-order valence-electron chi connectivity index (χ4n) is 6.52. The van der Waals surface area contributed by atoms with E-state index in [0.717, 1.165) is 37.9 Å². The van der Waals surface area contributed by atoms with E-state index < -0.39 is 5.54 Å². The third-order valence-corrected chi connectivity index (χ3v) is 10.5. The molecule has 0 spiro atoms. The minimum absolute atomic E-state index is 0.111. The summed E-state index contributed by atoms with van der Waals surface area (Å²) in [5.74, 6) is 2.10. The Bertz CT molecular complexity index is 1250. The van der Waals surface area contributed by atoms with Crippen molar-refractivity contribution in [1.82, 2.24) is 15.5 Å². The highest BCUT2D eigenvalue weighted by Gasteiger charge is 2.43. The lowest BCUT2D eigenvalue weighted by molar-refractivity contribution is -0.129. The van der Waals surface area contributed by atoms with Crippen LogP contribution in [0, 0.1) is 16.7 Å². The molecule has 3 fully saturated rings. The molecule has 1 saturated carbocycles. The number of hydrogen-bond acceptors (Lipinski definition) is 6. The average molecular weight is 670 g/mol. The number of nitrogens with one attached hydrogen (secondary N) is 2. The predicted molar refractivity (Wildman–Crippen MR) is 190 cm³/mol. The molecule has 47 heavy (non-hydrogen) atoms. The van der Waals surface area contributed by atoms with Crippen molar-refractivity contribution in [1.29, 1.82) is 0 Å². The highest BCUT2D eigenvalue weighted by molar-refractivity contribution is 8.00. The van der Waals surface area contributed by atoms with Gasteiger partial charge in [0.2, 0.25) is 11.8 Å². The molecule has 0 aromatic heterocycles. The summed E-state index contributed by atoms with van der Waals surface area (Å²) in [6.07, 6.45) is 10.2. The zero-order valence-corrected chi connectivity index (χ0v) is 31.1. The first-order valence-corrected chi connectivity index (χ1v) is 18.5. The van der Waals surface area contributed by atoms with Crippen LogP contribution >= 0.6 is 11.8 Å². The van der Waals surface area contributed by atoms with Crippen LogP contribution in [0.15, 0.2) is 24.3 Å². The van der Waals surface area contributed by atoms with Crippen molar-refractivity contribution in [2.45, 2.75) is 149 Å². The molecule has 1 aliphatic carbocycles. The predicted octanol–water partition coefficient (Wildman–Crippen LogP) is 7.34. The molecule has 3 aliphatic heterocycles. The van der Waals surface area contributed by atoms with Gasteiger partial charge in [-0.05, 0) is 75.7 Å². The van der Waals surface area contributed by atoms with Gasteiger partial charge in [-0.15, -0.1) is 0 Å². The van der Waals surface area contributed by atoms with Crippen molar-refractivity contribution in [3.8, 4) is 0 Å². The van der Waals surface area contributed by atoms with Gasteiger partial charge in [0, 0.05) is 47.6 Å². The molecule has 5 rings (SSSR count). The Morgan fingerprint density at radius 2 is 1.47 bits per heavy atom. The Hall–Kier alpha value is -2.68. The molecule has 4 aliphatic rings. The van der Waals surface area contributed by atoms with Crippen LogP contribution in [0.2, 0.25) is 0 Å². The number of nitrogens with zero attached hydrogens (tertiary/aromatic N) is 1. The van der Waals surface area contributed by atoms with E-state index in [-0.39, 0.29) is 34.5 Å². The number of carbonyl (C=O) groups excluding carboxylic acids is 5. The van der Waals surface area contributed by atoms with Gasteiger partial charge in [0.25, 0.3) is 11.8 Å². The van der Waals surface area contributed by atoms with E-state index in [9.17, 15) is 24.0 Å². The Labute approximate surface area is 287 Å². The van der Waals surface area contributed by atoms with Gasteiger partial charge in [-0.25, -0.2) is 0 Å². The monoisotopic (exact) mass is 669 g/mol. The lowest BCUT2D eigenvalue weighted by Gasteiger charge is -2.29. The summed E-state index contributed by atoms with van der Waals surface area (Å²) in [4.78, 5) is 60.0. The van der Waals surface area contributed by atoms with Crippen LogP contribution in [-0.2, 0) is 14.4 Å². The van der Waals surface area contributed by atoms with E-state index in [1.54, 1.807) is 24.3 Å². The standard InChI is InChI=1S/C16H27NO2S.C12H13NO2.C10H19NO/c1-16(2,3)9-12(18)6-4-5-7-13-15-11(10-20-13)8-14(19)17-15;1-12(2,3)13-10(14)8-6-4-5-7-9(8)11(13)15;1-10(2,3)9(12)11-8-6-4-5-7-8/h11,13,15H,4-10H2,1-3H3,(H,17,19);4-7H,1-3H3;8H,4-7H2,1-3H3,(H,11,12). The zero-order chi connectivity index (χ0) is 35.2. The van der Waals surface area contributed by atoms with Gasteiger partial charge in [-0.1, -0.05) is 72.9 Å². The third-order valence-electron chi connectivity index (χ3n) is 8.97. The fraction of sp³-hybridized carbons (Fsp3) is 0.711. The van der Waals surface area contributed by atoms with Crippen molar-refractivity contribution < 1.29 is 24.0 Å². The number of unbranched alkanes of at least 4 members (excludes halogenated alkanes) is 1. The molecular formula is C38H59N3O5S. The van der Waals surface area contributed by atoms with Crippen LogP contribution in [0.3, 0.4) is 0 Å². The summed E-state index contributed by atoms with van der Waals surface area (Å²) < 4.78 is 0. The third kappa shape index (κ3) is 11.5. The van der Waals surface area contributed by atoms with Crippen LogP contribution in [0.4, 0.5) is 0 Å². The van der Waals surface area contributed by atoms with Crippen LogP contribution in [0.1, 0.15) is 147 Å². The molecule has 3 unspecified atom stereocenters. The van der Waals surface area contributed by atoms with Crippen molar-refractivity contribution in [3.63, 3.8) is 0 Å². The Balaban J connectivity index is 0.000000199. The zero-order valence-electron chi connectivity index (χ0n) is 30.3. The molecule has 0 radical (unpaired) electrons. The highest BCUT2D eigenvalue weighted by Crippen LogP contribution is 2.39. The Kier molecular flexibility index (Phi) is 13.3. The average Bonchev–Trinajstić information content (AvgIpc) is 3.72. The molecule has 2 N–H and O–H groups in total.